The Labute approximate surface area is 138 Å². The molecule has 6 nitrogen and oxygen atoms in total. The summed E-state index contributed by atoms with van der Waals surface area (Å²) in [6.07, 6.45) is 8.75. The molecule has 0 saturated carbocycles. The summed E-state index contributed by atoms with van der Waals surface area (Å²) in [5, 5.41) is 4.00. The molecular weight excluding hydrogens is 312 g/mol. The van der Waals surface area contributed by atoms with Gasteiger partial charge < -0.3 is 10.1 Å². The van der Waals surface area contributed by atoms with Crippen LogP contribution in [0.2, 0.25) is 0 Å². The minimum Gasteiger partial charge on any atom is -0.466 e. The van der Waals surface area contributed by atoms with E-state index in [4.69, 9.17) is 4.74 Å². The van der Waals surface area contributed by atoms with Gasteiger partial charge in [0.15, 0.2) is 0 Å². The van der Waals surface area contributed by atoms with E-state index < -0.39 is 0 Å². The van der Waals surface area contributed by atoms with Gasteiger partial charge in [0.1, 0.15) is 10.7 Å². The molecule has 2 heterocycles. The molecule has 0 atom stereocenters. The van der Waals surface area contributed by atoms with Gasteiger partial charge in [0.05, 0.1) is 7.11 Å². The molecule has 0 amide bonds. The van der Waals surface area contributed by atoms with Crippen LogP contribution in [0.3, 0.4) is 0 Å². The highest BCUT2D eigenvalue weighted by Crippen LogP contribution is 2.24. The van der Waals surface area contributed by atoms with Gasteiger partial charge >= 0.3 is 5.97 Å². The molecule has 23 heavy (non-hydrogen) atoms. The molecule has 0 unspecified atom stereocenters. The standard InChI is InChI=1S/C16H16N4O2S/c1-10-9-18-14(23-10)13-6-7-17-16(20-13)19-12-5-3-4-11(8-12)15(21)22-2/h5-9H,3-4H2,1-2H3,(H,17,19,20). The van der Waals surface area contributed by atoms with Crippen molar-refractivity contribution >= 4 is 23.3 Å². The highest BCUT2D eigenvalue weighted by molar-refractivity contribution is 7.14. The number of allylic oxidation sites excluding steroid dienone is 2. The Balaban J connectivity index is 1.80. The Morgan fingerprint density at radius 2 is 2.26 bits per heavy atom. The Bertz CT molecular complexity index is 795. The maximum Gasteiger partial charge on any atom is 0.333 e. The van der Waals surface area contributed by atoms with Crippen molar-refractivity contribution in [2.45, 2.75) is 19.8 Å². The van der Waals surface area contributed by atoms with E-state index in [1.807, 2.05) is 25.3 Å². The number of hydrogen-bond donors (Lipinski definition) is 1. The van der Waals surface area contributed by atoms with Gasteiger partial charge in [0, 0.05) is 28.5 Å². The number of nitrogens with zero attached hydrogens (tertiary/aromatic N) is 3. The predicted octanol–water partition coefficient (Wildman–Crippen LogP) is 3.10. The third-order valence-electron chi connectivity index (χ3n) is 3.31. The molecule has 0 radical (unpaired) electrons. The lowest BCUT2D eigenvalue weighted by Gasteiger charge is -2.13. The fourth-order valence-electron chi connectivity index (χ4n) is 2.22. The van der Waals surface area contributed by atoms with Gasteiger partial charge in [0.2, 0.25) is 5.95 Å². The van der Waals surface area contributed by atoms with Crippen LogP contribution in [0.5, 0.6) is 0 Å². The van der Waals surface area contributed by atoms with Crippen molar-refractivity contribution in [1.82, 2.24) is 15.0 Å². The number of carbonyl (C=O) groups is 1. The van der Waals surface area contributed by atoms with Crippen LogP contribution in [0.1, 0.15) is 17.7 Å². The summed E-state index contributed by atoms with van der Waals surface area (Å²) < 4.78 is 4.77. The first-order valence-electron chi connectivity index (χ1n) is 7.17. The Morgan fingerprint density at radius 1 is 1.39 bits per heavy atom. The molecule has 0 spiro atoms. The van der Waals surface area contributed by atoms with Crippen LogP contribution in [-0.2, 0) is 9.53 Å². The van der Waals surface area contributed by atoms with Crippen LogP contribution in [0.4, 0.5) is 5.95 Å². The van der Waals surface area contributed by atoms with Crippen LogP contribution >= 0.6 is 11.3 Å². The largest absolute Gasteiger partial charge is 0.466 e. The number of anilines is 1. The first kappa shape index (κ1) is 15.4. The van der Waals surface area contributed by atoms with E-state index in [1.165, 1.54) is 7.11 Å². The maximum absolute atomic E-state index is 11.6. The molecule has 1 aliphatic rings. The number of rotatable bonds is 4. The van der Waals surface area contributed by atoms with E-state index in [1.54, 1.807) is 23.6 Å². The molecule has 0 aromatic carbocycles. The van der Waals surface area contributed by atoms with Crippen LogP contribution < -0.4 is 5.32 Å². The van der Waals surface area contributed by atoms with Crippen molar-refractivity contribution in [2.75, 3.05) is 12.4 Å². The third-order valence-corrected chi connectivity index (χ3v) is 4.24. The average molecular weight is 328 g/mol. The molecule has 0 saturated heterocycles. The number of methoxy groups -OCH3 is 1. The number of aromatic nitrogens is 3. The van der Waals surface area contributed by atoms with Crippen molar-refractivity contribution in [3.05, 3.63) is 46.8 Å². The van der Waals surface area contributed by atoms with Crippen LogP contribution in [0.15, 0.2) is 41.9 Å². The van der Waals surface area contributed by atoms with Gasteiger partial charge in [0.25, 0.3) is 0 Å². The molecule has 0 bridgehead atoms. The van der Waals surface area contributed by atoms with E-state index in [-0.39, 0.29) is 5.97 Å². The summed E-state index contributed by atoms with van der Waals surface area (Å²) >= 11 is 1.59. The number of thiazole rings is 1. The number of aryl methyl sites for hydroxylation is 1. The zero-order valence-corrected chi connectivity index (χ0v) is 13.7. The number of hydrogen-bond acceptors (Lipinski definition) is 7. The van der Waals surface area contributed by atoms with Crippen LogP contribution in [0, 0.1) is 6.92 Å². The van der Waals surface area contributed by atoms with Gasteiger partial charge in [-0.3, -0.25) is 0 Å². The zero-order chi connectivity index (χ0) is 16.2. The zero-order valence-electron chi connectivity index (χ0n) is 12.9. The minimum absolute atomic E-state index is 0.301. The lowest BCUT2D eigenvalue weighted by Crippen LogP contribution is -2.11. The molecule has 0 aliphatic heterocycles. The molecule has 0 fully saturated rings. The monoisotopic (exact) mass is 328 g/mol. The van der Waals surface area contributed by atoms with Gasteiger partial charge in [-0.05, 0) is 31.9 Å². The Hall–Kier alpha value is -2.54. The Morgan fingerprint density at radius 3 is 3.00 bits per heavy atom. The third kappa shape index (κ3) is 3.62. The van der Waals surface area contributed by atoms with Gasteiger partial charge in [-0.15, -0.1) is 11.3 Å². The molecular formula is C16H16N4O2S. The number of nitrogens with one attached hydrogen (secondary N) is 1. The topological polar surface area (TPSA) is 77.0 Å². The van der Waals surface area contributed by atoms with Crippen molar-refractivity contribution in [3.63, 3.8) is 0 Å². The van der Waals surface area contributed by atoms with Crippen molar-refractivity contribution in [1.29, 1.82) is 0 Å². The summed E-state index contributed by atoms with van der Waals surface area (Å²) in [5.74, 6) is 0.175. The molecule has 1 N–H and O–H groups in total. The summed E-state index contributed by atoms with van der Waals surface area (Å²) in [4.78, 5) is 25.8. The number of ether oxygens (including phenoxy) is 1. The van der Waals surface area contributed by atoms with E-state index in [2.05, 4.69) is 20.3 Å². The molecule has 118 valence electrons. The summed E-state index contributed by atoms with van der Waals surface area (Å²) in [6.45, 7) is 2.01. The quantitative estimate of drug-likeness (QED) is 0.869. The van der Waals surface area contributed by atoms with E-state index in [9.17, 15) is 4.79 Å². The molecule has 2 aromatic rings. The second-order valence-corrected chi connectivity index (χ2v) is 6.26. The van der Waals surface area contributed by atoms with Crippen molar-refractivity contribution in [3.8, 4) is 10.7 Å². The van der Waals surface area contributed by atoms with Crippen LogP contribution in [-0.4, -0.2) is 28.0 Å². The molecule has 3 rings (SSSR count). The van der Waals surface area contributed by atoms with E-state index in [0.717, 1.165) is 27.7 Å². The lowest BCUT2D eigenvalue weighted by atomic mass is 10.0. The van der Waals surface area contributed by atoms with Gasteiger partial charge in [-0.1, -0.05) is 6.08 Å². The van der Waals surface area contributed by atoms with E-state index in [0.29, 0.717) is 17.9 Å². The normalized spacial score (nSPS) is 14.0. The molecule has 2 aromatic heterocycles. The van der Waals surface area contributed by atoms with Crippen molar-refractivity contribution in [2.24, 2.45) is 0 Å². The first-order chi connectivity index (χ1) is 11.2. The molecule has 7 heteroatoms. The average Bonchev–Trinajstić information content (AvgIpc) is 3.01. The smallest absolute Gasteiger partial charge is 0.333 e. The first-order valence-corrected chi connectivity index (χ1v) is 7.99. The summed E-state index contributed by atoms with van der Waals surface area (Å²) in [6, 6.07) is 1.83. The highest BCUT2D eigenvalue weighted by atomic mass is 32.1. The molecule has 1 aliphatic carbocycles. The van der Waals surface area contributed by atoms with Crippen molar-refractivity contribution < 1.29 is 9.53 Å². The summed E-state index contributed by atoms with van der Waals surface area (Å²) in [7, 11) is 1.39. The number of esters is 1. The SMILES string of the molecule is COC(=O)C1=CC(Nc2nccc(-c3ncc(C)s3)n2)=CCC1. The predicted molar refractivity (Wildman–Crippen MR) is 88.9 cm³/mol. The lowest BCUT2D eigenvalue weighted by molar-refractivity contribution is -0.136. The second-order valence-electron chi connectivity index (χ2n) is 5.03. The fraction of sp³-hybridized carbons (Fsp3) is 0.250. The Kier molecular flexibility index (Phi) is 4.47. The van der Waals surface area contributed by atoms with Gasteiger partial charge in [-0.2, -0.15) is 0 Å². The van der Waals surface area contributed by atoms with Crippen LogP contribution in [0.25, 0.3) is 10.7 Å². The second kappa shape index (κ2) is 6.70. The fourth-order valence-corrected chi connectivity index (χ4v) is 2.96. The summed E-state index contributed by atoms with van der Waals surface area (Å²) in [5.41, 5.74) is 2.21. The highest BCUT2D eigenvalue weighted by Gasteiger charge is 2.14. The van der Waals surface area contributed by atoms with E-state index >= 15 is 0 Å². The van der Waals surface area contributed by atoms with Gasteiger partial charge in [-0.25, -0.2) is 19.7 Å². The minimum atomic E-state index is -0.301. The maximum atomic E-state index is 11.6. The number of carbonyl (C=O) groups excluding carboxylic acids is 1.